The number of hydrogen-bond donors (Lipinski definition) is 1. The lowest BCUT2D eigenvalue weighted by atomic mass is 9.74. The first-order valence-corrected chi connectivity index (χ1v) is 6.77. The van der Waals surface area contributed by atoms with Gasteiger partial charge in [-0.05, 0) is 54.9 Å². The van der Waals surface area contributed by atoms with Gasteiger partial charge in [0.1, 0.15) is 11.6 Å². The van der Waals surface area contributed by atoms with Crippen LogP contribution in [0.5, 0.6) is 0 Å². The van der Waals surface area contributed by atoms with E-state index >= 15 is 0 Å². The van der Waals surface area contributed by atoms with Gasteiger partial charge in [-0.25, -0.2) is 8.78 Å². The summed E-state index contributed by atoms with van der Waals surface area (Å²) in [4.78, 5) is 0. The number of benzene rings is 1. The predicted octanol–water partition coefficient (Wildman–Crippen LogP) is 3.81. The van der Waals surface area contributed by atoms with E-state index in [0.717, 1.165) is 25.3 Å². The minimum Gasteiger partial charge on any atom is -0.327 e. The van der Waals surface area contributed by atoms with E-state index in [0.29, 0.717) is 12.0 Å². The van der Waals surface area contributed by atoms with Crippen LogP contribution in [0.25, 0.3) is 0 Å². The predicted molar refractivity (Wildman–Crippen MR) is 69.2 cm³/mol. The molecule has 1 aromatic carbocycles. The molecule has 0 aliphatic heterocycles. The summed E-state index contributed by atoms with van der Waals surface area (Å²) < 4.78 is 26.8. The van der Waals surface area contributed by atoms with Gasteiger partial charge >= 0.3 is 0 Å². The molecule has 1 unspecified atom stereocenters. The van der Waals surface area contributed by atoms with Crippen molar-refractivity contribution in [3.63, 3.8) is 0 Å². The first-order chi connectivity index (χ1) is 8.57. The van der Waals surface area contributed by atoms with Crippen molar-refractivity contribution in [2.45, 2.75) is 51.5 Å². The normalized spacial score (nSPS) is 20.0. The van der Waals surface area contributed by atoms with Crippen LogP contribution >= 0.6 is 0 Å². The summed E-state index contributed by atoms with van der Waals surface area (Å²) in [6, 6.07) is 3.52. The Morgan fingerprint density at radius 1 is 1.28 bits per heavy atom. The first-order valence-electron chi connectivity index (χ1n) is 6.77. The summed E-state index contributed by atoms with van der Waals surface area (Å²) in [5, 5.41) is 0. The third-order valence-electron chi connectivity index (χ3n) is 4.54. The molecule has 0 heterocycles. The second-order valence-electron chi connectivity index (χ2n) is 5.47. The summed E-state index contributed by atoms with van der Waals surface area (Å²) >= 11 is 0. The zero-order chi connectivity index (χ0) is 13.2. The summed E-state index contributed by atoms with van der Waals surface area (Å²) in [7, 11) is 0. The van der Waals surface area contributed by atoms with Crippen LogP contribution in [0.4, 0.5) is 8.78 Å². The molecule has 0 radical (unpaired) electrons. The van der Waals surface area contributed by atoms with Crippen molar-refractivity contribution in [2.24, 2.45) is 11.1 Å². The van der Waals surface area contributed by atoms with Crippen LogP contribution in [0, 0.1) is 17.0 Å². The van der Waals surface area contributed by atoms with Crippen LogP contribution in [0.2, 0.25) is 0 Å². The molecule has 0 saturated heterocycles. The molecule has 1 saturated carbocycles. The Morgan fingerprint density at radius 2 is 1.94 bits per heavy atom. The van der Waals surface area contributed by atoms with Gasteiger partial charge in [0.2, 0.25) is 0 Å². The van der Waals surface area contributed by atoms with E-state index in [-0.39, 0.29) is 17.3 Å². The fourth-order valence-electron chi connectivity index (χ4n) is 3.22. The molecule has 2 rings (SSSR count). The topological polar surface area (TPSA) is 26.0 Å². The van der Waals surface area contributed by atoms with Crippen LogP contribution in [0.15, 0.2) is 18.2 Å². The fraction of sp³-hybridized carbons (Fsp3) is 0.600. The Balaban J connectivity index is 2.15. The monoisotopic (exact) mass is 253 g/mol. The third-order valence-corrected chi connectivity index (χ3v) is 4.54. The lowest BCUT2D eigenvalue weighted by Gasteiger charge is -2.34. The van der Waals surface area contributed by atoms with Gasteiger partial charge in [-0.1, -0.05) is 19.8 Å². The van der Waals surface area contributed by atoms with Gasteiger partial charge in [0.15, 0.2) is 0 Å². The summed E-state index contributed by atoms with van der Waals surface area (Å²) in [6.07, 6.45) is 6.08. The number of rotatable bonds is 4. The lowest BCUT2D eigenvalue weighted by molar-refractivity contribution is 0.217. The second kappa shape index (κ2) is 5.35. The number of hydrogen-bond acceptors (Lipinski definition) is 1. The van der Waals surface area contributed by atoms with Crippen molar-refractivity contribution in [2.75, 3.05) is 0 Å². The third kappa shape index (κ3) is 2.56. The van der Waals surface area contributed by atoms with Gasteiger partial charge in [-0.15, -0.1) is 0 Å². The molecule has 100 valence electrons. The van der Waals surface area contributed by atoms with E-state index < -0.39 is 5.82 Å². The lowest BCUT2D eigenvalue weighted by Crippen LogP contribution is -2.41. The molecule has 1 atom stereocenters. The largest absolute Gasteiger partial charge is 0.327 e. The van der Waals surface area contributed by atoms with Gasteiger partial charge in [0.25, 0.3) is 0 Å². The summed E-state index contributed by atoms with van der Waals surface area (Å²) in [6.45, 7) is 2.15. The van der Waals surface area contributed by atoms with E-state index in [1.54, 1.807) is 0 Å². The Bertz CT molecular complexity index is 411. The van der Waals surface area contributed by atoms with Gasteiger partial charge in [-0.2, -0.15) is 0 Å². The van der Waals surface area contributed by atoms with Gasteiger partial charge in [0.05, 0.1) is 0 Å². The standard InChI is InChI=1S/C15H21F2N/c1-2-15(7-3-4-8-15)14(18)10-11-9-12(16)5-6-13(11)17/h5-6,9,14H,2-4,7-8,10,18H2,1H3. The SMILES string of the molecule is CCC1(C(N)Cc2cc(F)ccc2F)CCCC1. The van der Waals surface area contributed by atoms with Crippen LogP contribution in [0.3, 0.4) is 0 Å². The Hall–Kier alpha value is -0.960. The van der Waals surface area contributed by atoms with Crippen LogP contribution < -0.4 is 5.73 Å². The summed E-state index contributed by atoms with van der Waals surface area (Å²) in [5.74, 6) is -0.744. The van der Waals surface area contributed by atoms with Crippen molar-refractivity contribution in [1.29, 1.82) is 0 Å². The molecule has 1 aromatic rings. The van der Waals surface area contributed by atoms with Crippen molar-refractivity contribution in [3.05, 3.63) is 35.4 Å². The van der Waals surface area contributed by atoms with Gasteiger partial charge in [-0.3, -0.25) is 0 Å². The maximum atomic E-state index is 13.6. The number of nitrogens with two attached hydrogens (primary N) is 1. The fourth-order valence-corrected chi connectivity index (χ4v) is 3.22. The minimum atomic E-state index is -0.393. The van der Waals surface area contributed by atoms with Crippen molar-refractivity contribution in [1.82, 2.24) is 0 Å². The molecule has 2 N–H and O–H groups in total. The molecule has 0 bridgehead atoms. The highest BCUT2D eigenvalue weighted by atomic mass is 19.1. The van der Waals surface area contributed by atoms with Crippen LogP contribution in [0.1, 0.15) is 44.6 Å². The molecule has 1 aliphatic rings. The van der Waals surface area contributed by atoms with E-state index in [2.05, 4.69) is 6.92 Å². The zero-order valence-electron chi connectivity index (χ0n) is 10.9. The van der Waals surface area contributed by atoms with Crippen molar-refractivity contribution >= 4 is 0 Å². The van der Waals surface area contributed by atoms with Gasteiger partial charge < -0.3 is 5.73 Å². The van der Waals surface area contributed by atoms with E-state index in [4.69, 9.17) is 5.73 Å². The second-order valence-corrected chi connectivity index (χ2v) is 5.47. The smallest absolute Gasteiger partial charge is 0.126 e. The first kappa shape index (κ1) is 13.5. The minimum absolute atomic E-state index is 0.0821. The average molecular weight is 253 g/mol. The highest BCUT2D eigenvalue weighted by Crippen LogP contribution is 2.44. The van der Waals surface area contributed by atoms with Crippen LogP contribution in [-0.4, -0.2) is 6.04 Å². The molecule has 1 fully saturated rings. The molecular weight excluding hydrogens is 232 g/mol. The maximum absolute atomic E-state index is 13.6. The molecule has 18 heavy (non-hydrogen) atoms. The van der Waals surface area contributed by atoms with E-state index in [9.17, 15) is 8.78 Å². The summed E-state index contributed by atoms with van der Waals surface area (Å²) in [5.41, 5.74) is 6.81. The van der Waals surface area contributed by atoms with E-state index in [1.807, 2.05) is 0 Å². The molecule has 1 aliphatic carbocycles. The molecule has 0 spiro atoms. The molecule has 0 aromatic heterocycles. The van der Waals surface area contributed by atoms with Crippen molar-refractivity contribution in [3.8, 4) is 0 Å². The maximum Gasteiger partial charge on any atom is 0.126 e. The highest BCUT2D eigenvalue weighted by Gasteiger charge is 2.37. The Labute approximate surface area is 107 Å². The zero-order valence-corrected chi connectivity index (χ0v) is 10.9. The average Bonchev–Trinajstić information content (AvgIpc) is 2.84. The highest BCUT2D eigenvalue weighted by molar-refractivity contribution is 5.20. The Kier molecular flexibility index (Phi) is 4.00. The van der Waals surface area contributed by atoms with Crippen molar-refractivity contribution < 1.29 is 8.78 Å². The van der Waals surface area contributed by atoms with E-state index in [1.165, 1.54) is 25.0 Å². The molecular formula is C15H21F2N. The number of halogens is 2. The van der Waals surface area contributed by atoms with Crippen LogP contribution in [-0.2, 0) is 6.42 Å². The molecule has 0 amide bonds. The molecule has 1 nitrogen and oxygen atoms in total. The Morgan fingerprint density at radius 3 is 2.56 bits per heavy atom. The quantitative estimate of drug-likeness (QED) is 0.867. The van der Waals surface area contributed by atoms with Gasteiger partial charge in [0, 0.05) is 6.04 Å². The molecule has 3 heteroatoms.